The molecule has 1 aromatic carbocycles. The average Bonchev–Trinajstić information content (AvgIpc) is 3.35. The fourth-order valence-corrected chi connectivity index (χ4v) is 4.98. The molecule has 3 aromatic heterocycles. The van der Waals surface area contributed by atoms with Gasteiger partial charge >= 0.3 is 0 Å². The van der Waals surface area contributed by atoms with E-state index in [4.69, 9.17) is 4.52 Å². The summed E-state index contributed by atoms with van der Waals surface area (Å²) in [6.45, 7) is 4.64. The van der Waals surface area contributed by atoms with Crippen LogP contribution in [-0.2, 0) is 6.42 Å². The molecule has 8 heteroatoms. The van der Waals surface area contributed by atoms with Gasteiger partial charge in [0.25, 0.3) is 5.56 Å². The van der Waals surface area contributed by atoms with Crippen LogP contribution in [-0.4, -0.2) is 39.1 Å². The number of aromatic nitrogens is 3. The molecule has 0 saturated carbocycles. The highest BCUT2D eigenvalue weighted by molar-refractivity contribution is 7.15. The number of hydrogen-bond donors (Lipinski definition) is 0. The minimum Gasteiger partial charge on any atom is -0.356 e. The maximum absolute atomic E-state index is 13.4. The Bertz CT molecular complexity index is 1240. The van der Waals surface area contributed by atoms with E-state index in [9.17, 15) is 9.18 Å². The van der Waals surface area contributed by atoms with Crippen LogP contribution in [0.2, 0.25) is 0 Å². The Morgan fingerprint density at radius 3 is 2.97 bits per heavy atom. The van der Waals surface area contributed by atoms with Gasteiger partial charge in [0.05, 0.1) is 5.69 Å². The second-order valence-corrected chi connectivity index (χ2v) is 8.48. The lowest BCUT2D eigenvalue weighted by atomic mass is 9.91. The predicted molar refractivity (Wildman–Crippen MR) is 110 cm³/mol. The quantitative estimate of drug-likeness (QED) is 0.511. The van der Waals surface area contributed by atoms with Crippen molar-refractivity contribution in [1.29, 1.82) is 0 Å². The summed E-state index contributed by atoms with van der Waals surface area (Å²) in [7, 11) is 0. The average molecular weight is 412 g/mol. The molecule has 1 aliphatic heterocycles. The van der Waals surface area contributed by atoms with Gasteiger partial charge in [0, 0.05) is 46.7 Å². The summed E-state index contributed by atoms with van der Waals surface area (Å²) in [4.78, 5) is 20.4. The minimum absolute atomic E-state index is 0.0462. The van der Waals surface area contributed by atoms with Crippen LogP contribution >= 0.6 is 11.3 Å². The van der Waals surface area contributed by atoms with Gasteiger partial charge in [-0.25, -0.2) is 9.37 Å². The first kappa shape index (κ1) is 18.4. The van der Waals surface area contributed by atoms with E-state index in [0.717, 1.165) is 59.8 Å². The lowest BCUT2D eigenvalue weighted by Gasteiger charge is -2.31. The molecule has 0 bridgehead atoms. The second-order valence-electron chi connectivity index (χ2n) is 7.61. The SMILES string of the molecule is Cc1nc2sccn2c(=O)c1CCN1CCC(c2noc3cc(F)ccc23)CC1. The van der Waals surface area contributed by atoms with E-state index in [0.29, 0.717) is 17.9 Å². The minimum atomic E-state index is -0.309. The van der Waals surface area contributed by atoms with Crippen LogP contribution in [0.25, 0.3) is 15.9 Å². The number of likely N-dealkylation sites (tertiary alicyclic amines) is 1. The largest absolute Gasteiger partial charge is 0.356 e. The molecule has 4 heterocycles. The standard InChI is InChI=1S/C21H21FN4O2S/c1-13-16(20(27)26-10-11-29-21(26)23-13)6-9-25-7-4-14(5-8-25)19-17-3-2-15(22)12-18(17)28-24-19/h2-3,10-12,14H,4-9H2,1H3. The summed E-state index contributed by atoms with van der Waals surface area (Å²) >= 11 is 1.48. The van der Waals surface area contributed by atoms with Crippen LogP contribution in [0, 0.1) is 12.7 Å². The molecule has 0 spiro atoms. The first-order valence-corrected chi connectivity index (χ1v) is 10.7. The van der Waals surface area contributed by atoms with Gasteiger partial charge in [-0.3, -0.25) is 9.20 Å². The first-order valence-electron chi connectivity index (χ1n) is 9.82. The summed E-state index contributed by atoms with van der Waals surface area (Å²) in [5.74, 6) is 0.00509. The fourth-order valence-electron chi connectivity index (χ4n) is 4.23. The van der Waals surface area contributed by atoms with Crippen molar-refractivity contribution in [3.8, 4) is 0 Å². The number of thiazole rings is 1. The van der Waals surface area contributed by atoms with Crippen LogP contribution in [0.4, 0.5) is 4.39 Å². The highest BCUT2D eigenvalue weighted by Crippen LogP contribution is 2.32. The highest BCUT2D eigenvalue weighted by Gasteiger charge is 2.25. The Kier molecular flexibility index (Phi) is 4.67. The molecule has 0 atom stereocenters. The highest BCUT2D eigenvalue weighted by atomic mass is 32.1. The van der Waals surface area contributed by atoms with E-state index in [1.807, 2.05) is 12.3 Å². The Labute approximate surface area is 170 Å². The van der Waals surface area contributed by atoms with Crippen LogP contribution in [0.1, 0.15) is 35.7 Å². The molecular formula is C21H21FN4O2S. The Hall–Kier alpha value is -2.58. The lowest BCUT2D eigenvalue weighted by molar-refractivity contribution is 0.211. The number of piperidine rings is 1. The van der Waals surface area contributed by atoms with E-state index in [1.165, 1.54) is 23.5 Å². The van der Waals surface area contributed by atoms with Crippen LogP contribution in [0.15, 0.2) is 39.1 Å². The van der Waals surface area contributed by atoms with E-state index >= 15 is 0 Å². The van der Waals surface area contributed by atoms with Gasteiger partial charge in [0.2, 0.25) is 0 Å². The number of nitrogens with zero attached hydrogens (tertiary/aromatic N) is 4. The summed E-state index contributed by atoms with van der Waals surface area (Å²) in [6.07, 6.45) is 4.43. The molecule has 0 N–H and O–H groups in total. The van der Waals surface area contributed by atoms with Gasteiger partial charge < -0.3 is 9.42 Å². The zero-order valence-corrected chi connectivity index (χ0v) is 16.9. The van der Waals surface area contributed by atoms with Gasteiger partial charge in [-0.15, -0.1) is 11.3 Å². The van der Waals surface area contributed by atoms with Crippen LogP contribution in [0.3, 0.4) is 0 Å². The van der Waals surface area contributed by atoms with Crippen molar-refractivity contribution in [3.63, 3.8) is 0 Å². The van der Waals surface area contributed by atoms with Crippen molar-refractivity contribution in [2.24, 2.45) is 0 Å². The monoisotopic (exact) mass is 412 g/mol. The lowest BCUT2D eigenvalue weighted by Crippen LogP contribution is -2.35. The number of halogens is 1. The summed E-state index contributed by atoms with van der Waals surface area (Å²) in [6, 6.07) is 4.60. The molecule has 0 amide bonds. The third-order valence-electron chi connectivity index (χ3n) is 5.88. The van der Waals surface area contributed by atoms with Crippen molar-refractivity contribution in [1.82, 2.24) is 19.4 Å². The van der Waals surface area contributed by atoms with Gasteiger partial charge in [0.1, 0.15) is 5.82 Å². The first-order chi connectivity index (χ1) is 14.1. The second kappa shape index (κ2) is 7.35. The summed E-state index contributed by atoms with van der Waals surface area (Å²) < 4.78 is 20.3. The Morgan fingerprint density at radius 1 is 1.31 bits per heavy atom. The molecular weight excluding hydrogens is 391 g/mol. The number of aryl methyl sites for hydroxylation is 1. The predicted octanol–water partition coefficient (Wildman–Crippen LogP) is 3.77. The fraction of sp³-hybridized carbons (Fsp3) is 0.381. The van der Waals surface area contributed by atoms with E-state index in [2.05, 4.69) is 15.0 Å². The molecule has 0 unspecified atom stereocenters. The van der Waals surface area contributed by atoms with Gasteiger partial charge in [-0.05, 0) is 51.4 Å². The van der Waals surface area contributed by atoms with E-state index in [-0.39, 0.29) is 11.4 Å². The van der Waals surface area contributed by atoms with Gasteiger partial charge in [-0.1, -0.05) is 5.16 Å². The maximum atomic E-state index is 13.4. The molecule has 5 rings (SSSR count). The Balaban J connectivity index is 1.25. The zero-order chi connectivity index (χ0) is 20.0. The normalized spacial score (nSPS) is 16.2. The van der Waals surface area contributed by atoms with Crippen molar-refractivity contribution in [2.75, 3.05) is 19.6 Å². The molecule has 1 fully saturated rings. The summed E-state index contributed by atoms with van der Waals surface area (Å²) in [5, 5.41) is 7.01. The third-order valence-corrected chi connectivity index (χ3v) is 6.64. The molecule has 4 aromatic rings. The van der Waals surface area contributed by atoms with Crippen molar-refractivity contribution in [2.45, 2.75) is 32.1 Å². The molecule has 29 heavy (non-hydrogen) atoms. The van der Waals surface area contributed by atoms with Gasteiger partial charge in [-0.2, -0.15) is 0 Å². The molecule has 6 nitrogen and oxygen atoms in total. The van der Waals surface area contributed by atoms with E-state index < -0.39 is 0 Å². The smallest absolute Gasteiger partial charge is 0.261 e. The molecule has 1 aliphatic rings. The number of hydrogen-bond acceptors (Lipinski definition) is 6. The third kappa shape index (κ3) is 3.36. The van der Waals surface area contributed by atoms with E-state index in [1.54, 1.807) is 16.7 Å². The molecule has 150 valence electrons. The van der Waals surface area contributed by atoms with Gasteiger partial charge in [0.15, 0.2) is 10.5 Å². The number of rotatable bonds is 4. The van der Waals surface area contributed by atoms with Crippen molar-refractivity contribution >= 4 is 27.3 Å². The molecule has 1 saturated heterocycles. The molecule has 0 aliphatic carbocycles. The topological polar surface area (TPSA) is 63.6 Å². The molecule has 0 radical (unpaired) electrons. The van der Waals surface area contributed by atoms with Crippen LogP contribution in [0.5, 0.6) is 0 Å². The number of benzene rings is 1. The van der Waals surface area contributed by atoms with Crippen molar-refractivity contribution < 1.29 is 8.91 Å². The number of fused-ring (bicyclic) bond motifs is 2. The summed E-state index contributed by atoms with van der Waals surface area (Å²) in [5.41, 5.74) is 3.11. The Morgan fingerprint density at radius 2 is 2.14 bits per heavy atom. The van der Waals surface area contributed by atoms with Crippen molar-refractivity contribution in [3.05, 3.63) is 62.9 Å². The zero-order valence-electron chi connectivity index (χ0n) is 16.1. The maximum Gasteiger partial charge on any atom is 0.261 e. The van der Waals surface area contributed by atoms with Crippen LogP contribution < -0.4 is 5.56 Å².